The van der Waals surface area contributed by atoms with Crippen LogP contribution in [-0.2, 0) is 4.79 Å². The molecule has 1 aliphatic heterocycles. The highest BCUT2D eigenvalue weighted by molar-refractivity contribution is 6.27. The van der Waals surface area contributed by atoms with E-state index in [1.807, 2.05) is 31.2 Å². The fraction of sp³-hybridized carbons (Fsp3) is 0.429. The summed E-state index contributed by atoms with van der Waals surface area (Å²) >= 11 is 5.52. The highest BCUT2D eigenvalue weighted by Crippen LogP contribution is 2.10. The Morgan fingerprint density at radius 2 is 1.58 bits per heavy atom. The van der Waals surface area contributed by atoms with Crippen LogP contribution in [0.5, 0.6) is 0 Å². The molecular weight excluding hydrogens is 264 g/mol. The Morgan fingerprint density at radius 3 is 2.11 bits per heavy atom. The van der Waals surface area contributed by atoms with Gasteiger partial charge in [0.1, 0.15) is 5.88 Å². The van der Waals surface area contributed by atoms with Crippen LogP contribution in [0.15, 0.2) is 24.3 Å². The number of halogens is 1. The van der Waals surface area contributed by atoms with Crippen molar-refractivity contribution < 1.29 is 9.59 Å². The first-order valence-corrected chi connectivity index (χ1v) is 6.85. The first-order valence-electron chi connectivity index (χ1n) is 6.31. The number of rotatable bonds is 2. The fourth-order valence-electron chi connectivity index (χ4n) is 2.12. The molecule has 1 heterocycles. The first-order chi connectivity index (χ1) is 9.11. The van der Waals surface area contributed by atoms with E-state index in [1.54, 1.807) is 9.80 Å². The van der Waals surface area contributed by atoms with Crippen LogP contribution in [0.1, 0.15) is 15.9 Å². The molecular formula is C14H17ClN2O2. The fourth-order valence-corrected chi connectivity index (χ4v) is 2.29. The van der Waals surface area contributed by atoms with Crippen molar-refractivity contribution in [1.29, 1.82) is 0 Å². The van der Waals surface area contributed by atoms with E-state index in [2.05, 4.69) is 0 Å². The van der Waals surface area contributed by atoms with Crippen molar-refractivity contribution in [3.63, 3.8) is 0 Å². The van der Waals surface area contributed by atoms with Gasteiger partial charge in [0.15, 0.2) is 0 Å². The number of hydrogen-bond donors (Lipinski definition) is 0. The van der Waals surface area contributed by atoms with E-state index in [1.165, 1.54) is 0 Å². The Morgan fingerprint density at radius 1 is 1.05 bits per heavy atom. The highest BCUT2D eigenvalue weighted by atomic mass is 35.5. The summed E-state index contributed by atoms with van der Waals surface area (Å²) in [4.78, 5) is 27.2. The summed E-state index contributed by atoms with van der Waals surface area (Å²) in [6.07, 6.45) is 0. The maximum absolute atomic E-state index is 12.3. The predicted octanol–water partition coefficient (Wildman–Crippen LogP) is 1.52. The van der Waals surface area contributed by atoms with E-state index >= 15 is 0 Å². The lowest BCUT2D eigenvalue weighted by atomic mass is 10.1. The van der Waals surface area contributed by atoms with Gasteiger partial charge in [0.25, 0.3) is 5.91 Å². The summed E-state index contributed by atoms with van der Waals surface area (Å²) in [5.41, 5.74) is 1.83. The molecule has 0 radical (unpaired) electrons. The van der Waals surface area contributed by atoms with Gasteiger partial charge >= 0.3 is 0 Å². The first kappa shape index (κ1) is 13.9. The number of amides is 2. The SMILES string of the molecule is Cc1ccc(C(=O)N2CCN(C(=O)CCl)CC2)cc1. The van der Waals surface area contributed by atoms with Gasteiger partial charge < -0.3 is 9.80 Å². The molecule has 2 amide bonds. The summed E-state index contributed by atoms with van der Waals surface area (Å²) in [5, 5.41) is 0. The second kappa shape index (κ2) is 6.06. The highest BCUT2D eigenvalue weighted by Gasteiger charge is 2.24. The maximum Gasteiger partial charge on any atom is 0.253 e. The second-order valence-corrected chi connectivity index (χ2v) is 4.94. The molecule has 0 bridgehead atoms. The van der Waals surface area contributed by atoms with Gasteiger partial charge in [-0.3, -0.25) is 9.59 Å². The van der Waals surface area contributed by atoms with Gasteiger partial charge in [-0.05, 0) is 19.1 Å². The predicted molar refractivity (Wildman–Crippen MR) is 74.4 cm³/mol. The monoisotopic (exact) mass is 280 g/mol. The summed E-state index contributed by atoms with van der Waals surface area (Å²) in [7, 11) is 0. The largest absolute Gasteiger partial charge is 0.338 e. The van der Waals surface area contributed by atoms with Crippen molar-refractivity contribution >= 4 is 23.4 Å². The molecule has 2 rings (SSSR count). The van der Waals surface area contributed by atoms with E-state index in [0.29, 0.717) is 31.7 Å². The zero-order valence-electron chi connectivity index (χ0n) is 10.9. The van der Waals surface area contributed by atoms with Crippen LogP contribution in [0.3, 0.4) is 0 Å². The number of benzene rings is 1. The lowest BCUT2D eigenvalue weighted by Gasteiger charge is -2.34. The van der Waals surface area contributed by atoms with Gasteiger partial charge in [-0.25, -0.2) is 0 Å². The average Bonchev–Trinajstić information content (AvgIpc) is 2.46. The molecule has 1 aromatic rings. The third-order valence-electron chi connectivity index (χ3n) is 3.33. The van der Waals surface area contributed by atoms with Crippen LogP contribution in [0.2, 0.25) is 0 Å². The van der Waals surface area contributed by atoms with Crippen molar-refractivity contribution in [2.24, 2.45) is 0 Å². The Labute approximate surface area is 117 Å². The van der Waals surface area contributed by atoms with E-state index in [-0.39, 0.29) is 17.7 Å². The lowest BCUT2D eigenvalue weighted by Crippen LogP contribution is -2.50. The lowest BCUT2D eigenvalue weighted by molar-refractivity contribution is -0.129. The second-order valence-electron chi connectivity index (χ2n) is 4.67. The molecule has 0 atom stereocenters. The normalized spacial score (nSPS) is 15.5. The summed E-state index contributed by atoms with van der Waals surface area (Å²) in [6, 6.07) is 7.54. The smallest absolute Gasteiger partial charge is 0.253 e. The summed E-state index contributed by atoms with van der Waals surface area (Å²) in [5.74, 6) is -0.0339. The van der Waals surface area contributed by atoms with Crippen molar-refractivity contribution in [1.82, 2.24) is 9.80 Å². The standard InChI is InChI=1S/C14H17ClN2O2/c1-11-2-4-12(5-3-11)14(19)17-8-6-16(7-9-17)13(18)10-15/h2-5H,6-10H2,1H3. The van der Waals surface area contributed by atoms with E-state index < -0.39 is 0 Å². The molecule has 19 heavy (non-hydrogen) atoms. The van der Waals surface area contributed by atoms with Crippen LogP contribution in [0.4, 0.5) is 0 Å². The number of alkyl halides is 1. The minimum atomic E-state index is -0.0656. The number of piperazine rings is 1. The quantitative estimate of drug-likeness (QED) is 0.771. The number of carbonyl (C=O) groups is 2. The van der Waals surface area contributed by atoms with Crippen molar-refractivity contribution in [2.75, 3.05) is 32.1 Å². The molecule has 0 saturated carbocycles. The molecule has 102 valence electrons. The Bertz CT molecular complexity index is 465. The van der Waals surface area contributed by atoms with Crippen LogP contribution in [-0.4, -0.2) is 53.7 Å². The topological polar surface area (TPSA) is 40.6 Å². The molecule has 1 fully saturated rings. The Kier molecular flexibility index (Phi) is 4.43. The van der Waals surface area contributed by atoms with Crippen molar-refractivity contribution in [3.8, 4) is 0 Å². The van der Waals surface area contributed by atoms with Crippen LogP contribution < -0.4 is 0 Å². The van der Waals surface area contributed by atoms with E-state index in [9.17, 15) is 9.59 Å². The molecule has 0 spiro atoms. The van der Waals surface area contributed by atoms with Gasteiger partial charge in [-0.1, -0.05) is 17.7 Å². The van der Waals surface area contributed by atoms with Gasteiger partial charge in [-0.2, -0.15) is 0 Å². The van der Waals surface area contributed by atoms with E-state index in [0.717, 1.165) is 5.56 Å². The third kappa shape index (κ3) is 3.26. The molecule has 1 aliphatic rings. The molecule has 0 aromatic heterocycles. The molecule has 1 saturated heterocycles. The van der Waals surface area contributed by atoms with Crippen molar-refractivity contribution in [2.45, 2.75) is 6.92 Å². The summed E-state index contributed by atoms with van der Waals surface area (Å²) in [6.45, 7) is 4.24. The number of hydrogen-bond acceptors (Lipinski definition) is 2. The number of nitrogens with zero attached hydrogens (tertiary/aromatic N) is 2. The minimum absolute atomic E-state index is 0.00586. The molecule has 4 nitrogen and oxygen atoms in total. The third-order valence-corrected chi connectivity index (χ3v) is 3.56. The Hall–Kier alpha value is -1.55. The van der Waals surface area contributed by atoms with Crippen LogP contribution in [0.25, 0.3) is 0 Å². The molecule has 0 N–H and O–H groups in total. The van der Waals surface area contributed by atoms with Gasteiger partial charge in [0.05, 0.1) is 0 Å². The molecule has 5 heteroatoms. The van der Waals surface area contributed by atoms with Crippen LogP contribution >= 0.6 is 11.6 Å². The molecule has 0 unspecified atom stereocenters. The maximum atomic E-state index is 12.3. The number of aryl methyl sites for hydroxylation is 1. The Balaban J connectivity index is 1.96. The minimum Gasteiger partial charge on any atom is -0.338 e. The summed E-state index contributed by atoms with van der Waals surface area (Å²) < 4.78 is 0. The van der Waals surface area contributed by atoms with Crippen molar-refractivity contribution in [3.05, 3.63) is 35.4 Å². The zero-order chi connectivity index (χ0) is 13.8. The zero-order valence-corrected chi connectivity index (χ0v) is 11.7. The van der Waals surface area contributed by atoms with Gasteiger partial charge in [0, 0.05) is 31.7 Å². The molecule has 0 aliphatic carbocycles. The van der Waals surface area contributed by atoms with Gasteiger partial charge in [0.2, 0.25) is 5.91 Å². The average molecular weight is 281 g/mol. The van der Waals surface area contributed by atoms with E-state index in [4.69, 9.17) is 11.6 Å². The van der Waals surface area contributed by atoms with Crippen LogP contribution in [0, 0.1) is 6.92 Å². The van der Waals surface area contributed by atoms with Gasteiger partial charge in [-0.15, -0.1) is 11.6 Å². The number of carbonyl (C=O) groups excluding carboxylic acids is 2. The molecule has 1 aromatic carbocycles.